The molecule has 0 saturated heterocycles. The van der Waals surface area contributed by atoms with Crippen molar-refractivity contribution in [2.24, 2.45) is 4.99 Å². The van der Waals surface area contributed by atoms with Gasteiger partial charge in [-0.3, -0.25) is 4.99 Å². The number of aliphatic hydroxyl groups excluding tert-OH is 1. The van der Waals surface area contributed by atoms with E-state index in [4.69, 9.17) is 10.00 Å². The first-order chi connectivity index (χ1) is 20.6. The highest BCUT2D eigenvalue weighted by atomic mass is 16.5. The standard InChI is InChI=1S/C29H31N5O2.C6H6/c1-3-13-32-20(2)28(35)24-10-8-23(9-11-24)25-15-27-29(34-17-25)36-26(19-33-27)18-31-14-12-21-4-6-22(16-30)7-5-21;1-2-4-6-5-3-1/h3-11,13,15,17,26,28,31,33,35H,12,14,18-19H2,1-2H3;1-6H/b13-3-,32-20?;. The lowest BCUT2D eigenvalue weighted by molar-refractivity contribution is 0.194. The first kappa shape index (κ1) is 30.2. The highest BCUT2D eigenvalue weighted by molar-refractivity contribution is 5.88. The van der Waals surface area contributed by atoms with Crippen molar-refractivity contribution in [3.63, 3.8) is 0 Å². The summed E-state index contributed by atoms with van der Waals surface area (Å²) in [5.41, 5.74) is 6.19. The molecular weight excluding hydrogens is 522 g/mol. The minimum atomic E-state index is -0.735. The van der Waals surface area contributed by atoms with Crippen LogP contribution in [0, 0.1) is 11.3 Å². The Morgan fingerprint density at radius 2 is 1.79 bits per heavy atom. The molecule has 3 N–H and O–H groups in total. The molecule has 0 fully saturated rings. The van der Waals surface area contributed by atoms with Crippen molar-refractivity contribution in [3.05, 3.63) is 126 Å². The van der Waals surface area contributed by atoms with Gasteiger partial charge in [-0.1, -0.05) is 78.9 Å². The number of ether oxygens (including phenoxy) is 1. The Morgan fingerprint density at radius 1 is 1.10 bits per heavy atom. The highest BCUT2D eigenvalue weighted by Gasteiger charge is 2.21. The normalized spacial score (nSPS) is 14.9. The van der Waals surface area contributed by atoms with E-state index in [0.29, 0.717) is 30.2 Å². The molecule has 3 aromatic carbocycles. The fourth-order valence-corrected chi connectivity index (χ4v) is 4.36. The summed E-state index contributed by atoms with van der Waals surface area (Å²) in [4.78, 5) is 8.78. The zero-order valence-electron chi connectivity index (χ0n) is 24.1. The molecule has 1 aliphatic heterocycles. The van der Waals surface area contributed by atoms with Crippen LogP contribution in [0.15, 0.2) is 114 Å². The number of fused-ring (bicyclic) bond motifs is 1. The number of allylic oxidation sites excluding steroid dienone is 1. The molecule has 42 heavy (non-hydrogen) atoms. The molecule has 7 nitrogen and oxygen atoms in total. The van der Waals surface area contributed by atoms with Crippen LogP contribution in [0.4, 0.5) is 5.69 Å². The molecule has 4 aromatic rings. The number of nitrogens with zero attached hydrogens (tertiary/aromatic N) is 3. The van der Waals surface area contributed by atoms with E-state index in [1.165, 1.54) is 5.56 Å². The van der Waals surface area contributed by atoms with E-state index >= 15 is 0 Å². The van der Waals surface area contributed by atoms with Gasteiger partial charge in [0.15, 0.2) is 0 Å². The molecule has 0 amide bonds. The van der Waals surface area contributed by atoms with Crippen molar-refractivity contribution in [3.8, 4) is 23.1 Å². The molecule has 1 aromatic heterocycles. The van der Waals surface area contributed by atoms with Crippen molar-refractivity contribution in [2.75, 3.05) is 25.0 Å². The van der Waals surface area contributed by atoms with Crippen molar-refractivity contribution in [2.45, 2.75) is 32.5 Å². The van der Waals surface area contributed by atoms with E-state index in [1.807, 2.05) is 117 Å². The van der Waals surface area contributed by atoms with Crippen LogP contribution in [0.3, 0.4) is 0 Å². The molecule has 2 unspecified atom stereocenters. The molecule has 214 valence electrons. The van der Waals surface area contributed by atoms with Gasteiger partial charge in [-0.2, -0.15) is 5.26 Å². The number of nitriles is 1. The molecule has 0 spiro atoms. The van der Waals surface area contributed by atoms with Crippen molar-refractivity contribution in [1.82, 2.24) is 10.3 Å². The summed E-state index contributed by atoms with van der Waals surface area (Å²) in [6.07, 6.45) is 5.47. The number of aliphatic imine (C=N–C) groups is 1. The maximum atomic E-state index is 10.5. The van der Waals surface area contributed by atoms with Crippen LogP contribution in [0.25, 0.3) is 11.1 Å². The van der Waals surface area contributed by atoms with Gasteiger partial charge >= 0.3 is 0 Å². The largest absolute Gasteiger partial charge is 0.470 e. The Kier molecular flexibility index (Phi) is 11.4. The van der Waals surface area contributed by atoms with E-state index in [-0.39, 0.29) is 6.10 Å². The van der Waals surface area contributed by atoms with E-state index in [0.717, 1.165) is 35.3 Å². The Morgan fingerprint density at radius 3 is 2.43 bits per heavy atom. The van der Waals surface area contributed by atoms with Gasteiger partial charge in [0.05, 0.1) is 23.9 Å². The number of hydrogen-bond acceptors (Lipinski definition) is 7. The molecule has 0 aliphatic carbocycles. The number of anilines is 1. The lowest BCUT2D eigenvalue weighted by Crippen LogP contribution is -2.40. The van der Waals surface area contributed by atoms with Gasteiger partial charge in [0, 0.05) is 30.2 Å². The number of nitrogens with one attached hydrogen (secondary N) is 2. The molecule has 2 atom stereocenters. The number of aliphatic hydroxyl groups is 1. The molecule has 0 saturated carbocycles. The third-order valence-electron chi connectivity index (χ3n) is 6.74. The van der Waals surface area contributed by atoms with Gasteiger partial charge in [0.25, 0.3) is 0 Å². The average Bonchev–Trinajstić information content (AvgIpc) is 3.06. The first-order valence-corrected chi connectivity index (χ1v) is 14.1. The zero-order chi connectivity index (χ0) is 29.6. The number of rotatable bonds is 9. The van der Waals surface area contributed by atoms with Crippen LogP contribution in [-0.2, 0) is 6.42 Å². The van der Waals surface area contributed by atoms with Crippen molar-refractivity contribution in [1.29, 1.82) is 5.26 Å². The zero-order valence-corrected chi connectivity index (χ0v) is 24.1. The Bertz CT molecular complexity index is 1470. The fourth-order valence-electron chi connectivity index (χ4n) is 4.36. The second-order valence-corrected chi connectivity index (χ2v) is 9.89. The number of aromatic nitrogens is 1. The topological polar surface area (TPSA) is 103 Å². The lowest BCUT2D eigenvalue weighted by atomic mass is 10.0. The maximum Gasteiger partial charge on any atom is 0.237 e. The van der Waals surface area contributed by atoms with Crippen LogP contribution in [0.1, 0.15) is 36.6 Å². The van der Waals surface area contributed by atoms with Gasteiger partial charge in [-0.05, 0) is 61.7 Å². The Labute approximate surface area is 248 Å². The summed E-state index contributed by atoms with van der Waals surface area (Å²) in [6.45, 7) is 5.94. The minimum absolute atomic E-state index is 0.00922. The second kappa shape index (κ2) is 15.9. The number of pyridine rings is 1. The Hall–Kier alpha value is -4.77. The van der Waals surface area contributed by atoms with Crippen LogP contribution >= 0.6 is 0 Å². The third kappa shape index (κ3) is 8.87. The summed E-state index contributed by atoms with van der Waals surface area (Å²) in [5, 5.41) is 26.3. The summed E-state index contributed by atoms with van der Waals surface area (Å²) in [5.74, 6) is 0.603. The van der Waals surface area contributed by atoms with Crippen LogP contribution in [-0.4, -0.2) is 41.5 Å². The van der Waals surface area contributed by atoms with E-state index in [2.05, 4.69) is 26.7 Å². The molecular formula is C35H37N5O2. The highest BCUT2D eigenvalue weighted by Crippen LogP contribution is 2.31. The Balaban J connectivity index is 0.000000600. The summed E-state index contributed by atoms with van der Waals surface area (Å²) < 4.78 is 6.09. The molecule has 5 rings (SSSR count). The summed E-state index contributed by atoms with van der Waals surface area (Å²) in [6, 6.07) is 31.7. The number of hydrogen-bond donors (Lipinski definition) is 3. The van der Waals surface area contributed by atoms with Gasteiger partial charge in [-0.15, -0.1) is 0 Å². The van der Waals surface area contributed by atoms with E-state index in [1.54, 1.807) is 6.20 Å². The van der Waals surface area contributed by atoms with Gasteiger partial charge in [0.2, 0.25) is 5.88 Å². The maximum absolute atomic E-state index is 10.5. The smallest absolute Gasteiger partial charge is 0.237 e. The van der Waals surface area contributed by atoms with E-state index < -0.39 is 6.10 Å². The number of benzene rings is 3. The lowest BCUT2D eigenvalue weighted by Gasteiger charge is -2.27. The monoisotopic (exact) mass is 559 g/mol. The predicted molar refractivity (Wildman–Crippen MR) is 170 cm³/mol. The summed E-state index contributed by atoms with van der Waals surface area (Å²) in [7, 11) is 0. The van der Waals surface area contributed by atoms with Crippen LogP contribution < -0.4 is 15.4 Å². The first-order valence-electron chi connectivity index (χ1n) is 14.1. The third-order valence-corrected chi connectivity index (χ3v) is 6.74. The molecule has 1 aliphatic rings. The quantitative estimate of drug-likeness (QED) is 0.163. The van der Waals surface area contributed by atoms with Crippen LogP contribution in [0.2, 0.25) is 0 Å². The van der Waals surface area contributed by atoms with Gasteiger partial charge in [0.1, 0.15) is 12.2 Å². The fraction of sp³-hybridized carbons (Fsp3) is 0.229. The minimum Gasteiger partial charge on any atom is -0.470 e. The molecule has 7 heteroatoms. The van der Waals surface area contributed by atoms with E-state index in [9.17, 15) is 5.11 Å². The van der Waals surface area contributed by atoms with Gasteiger partial charge < -0.3 is 20.5 Å². The van der Waals surface area contributed by atoms with Gasteiger partial charge in [-0.25, -0.2) is 4.98 Å². The van der Waals surface area contributed by atoms with Crippen molar-refractivity contribution < 1.29 is 9.84 Å². The SMILES string of the molecule is C/C=C\N=C(C)C(O)c1ccc(-c2cnc3c(c2)NCC(CNCCc2ccc(C#N)cc2)O3)cc1.c1ccccc1. The van der Waals surface area contributed by atoms with Crippen LogP contribution in [0.5, 0.6) is 5.88 Å². The molecule has 2 heterocycles. The molecule has 0 radical (unpaired) electrons. The predicted octanol–water partition coefficient (Wildman–Crippen LogP) is 6.34. The molecule has 0 bridgehead atoms. The second-order valence-electron chi connectivity index (χ2n) is 9.89. The average molecular weight is 560 g/mol. The summed E-state index contributed by atoms with van der Waals surface area (Å²) >= 11 is 0. The van der Waals surface area contributed by atoms with Crippen molar-refractivity contribution >= 4 is 11.4 Å².